The minimum atomic E-state index is -3.70. The zero-order valence-corrected chi connectivity index (χ0v) is 13.3. The molecule has 0 radical (unpaired) electrons. The van der Waals surface area contributed by atoms with E-state index >= 15 is 0 Å². The minimum Gasteiger partial charge on any atom is -0.267 e. The van der Waals surface area contributed by atoms with Crippen molar-refractivity contribution in [3.63, 3.8) is 0 Å². The Morgan fingerprint density at radius 1 is 1.14 bits per heavy atom. The van der Waals surface area contributed by atoms with Crippen LogP contribution >= 0.6 is 0 Å². The normalized spacial score (nSPS) is 11.6. The fourth-order valence-corrected chi connectivity index (χ4v) is 2.99. The molecule has 0 amide bonds. The summed E-state index contributed by atoms with van der Waals surface area (Å²) in [7, 11) is -3.70. The zero-order chi connectivity index (χ0) is 15.5. The third kappa shape index (κ3) is 3.49. The molecule has 0 fully saturated rings. The first kappa shape index (κ1) is 15.7. The van der Waals surface area contributed by atoms with E-state index in [0.717, 1.165) is 28.8 Å². The highest BCUT2D eigenvalue weighted by Crippen LogP contribution is 2.25. The molecule has 2 aromatic rings. The van der Waals surface area contributed by atoms with Crippen LogP contribution in [0, 0.1) is 6.92 Å². The van der Waals surface area contributed by atoms with Crippen molar-refractivity contribution in [3.8, 4) is 11.3 Å². The van der Waals surface area contributed by atoms with E-state index in [1.54, 1.807) is 25.1 Å². The number of rotatable bonds is 5. The van der Waals surface area contributed by atoms with Gasteiger partial charge < -0.3 is 0 Å². The highest BCUT2D eigenvalue weighted by molar-refractivity contribution is 7.86. The molecule has 0 bridgehead atoms. The summed E-state index contributed by atoms with van der Waals surface area (Å²) in [6, 6.07) is 8.87. The Kier molecular flexibility index (Phi) is 4.75. The van der Waals surface area contributed by atoms with Gasteiger partial charge in [-0.05, 0) is 49.6 Å². The van der Waals surface area contributed by atoms with Crippen molar-refractivity contribution in [2.24, 2.45) is 0 Å². The van der Waals surface area contributed by atoms with Crippen molar-refractivity contribution in [1.29, 1.82) is 0 Å². The van der Waals surface area contributed by atoms with Gasteiger partial charge in [-0.25, -0.2) is 0 Å². The van der Waals surface area contributed by atoms with Crippen LogP contribution < -0.4 is 0 Å². The van der Waals surface area contributed by atoms with Crippen LogP contribution in [0.3, 0.4) is 0 Å². The molecule has 1 aromatic carbocycles. The molecule has 1 heterocycles. The summed E-state index contributed by atoms with van der Waals surface area (Å²) in [5.74, 6) is 0. The molecule has 1 aromatic heterocycles. The minimum absolute atomic E-state index is 0.120. The van der Waals surface area contributed by atoms with Gasteiger partial charge in [0, 0.05) is 11.8 Å². The number of nitrogens with zero attached hydrogens (tertiary/aromatic N) is 1. The van der Waals surface area contributed by atoms with Crippen LogP contribution in [0.1, 0.15) is 25.0 Å². The summed E-state index contributed by atoms with van der Waals surface area (Å²) in [6.45, 7) is 5.77. The Morgan fingerprint density at radius 2 is 1.90 bits per heavy atom. The first-order valence-electron chi connectivity index (χ1n) is 6.93. The molecule has 0 aliphatic rings. The Balaban J connectivity index is 2.48. The molecule has 0 aliphatic carbocycles. The summed E-state index contributed by atoms with van der Waals surface area (Å²) in [5.41, 5.74) is 3.69. The highest BCUT2D eigenvalue weighted by Gasteiger charge is 2.16. The summed E-state index contributed by atoms with van der Waals surface area (Å²) in [6.07, 6.45) is 2.74. The Bertz CT molecular complexity index is 722. The molecule has 0 N–H and O–H groups in total. The summed E-state index contributed by atoms with van der Waals surface area (Å²) in [4.78, 5) is 4.57. The van der Waals surface area contributed by atoms with Gasteiger partial charge in [0.1, 0.15) is 0 Å². The van der Waals surface area contributed by atoms with Crippen molar-refractivity contribution in [2.75, 3.05) is 6.61 Å². The standard InChI is InChI=1S/C16H19NO3S/c1-4-13-7-9-16(17-11-13)15-10-14(8-6-12(15)3)21(18,19)20-5-2/h6-11H,4-5H2,1-3H3. The van der Waals surface area contributed by atoms with E-state index in [1.807, 2.05) is 25.3 Å². The quantitative estimate of drug-likeness (QED) is 0.795. The van der Waals surface area contributed by atoms with Gasteiger partial charge in [-0.3, -0.25) is 9.17 Å². The number of hydrogen-bond acceptors (Lipinski definition) is 4. The monoisotopic (exact) mass is 305 g/mol. The largest absolute Gasteiger partial charge is 0.296 e. The first-order valence-corrected chi connectivity index (χ1v) is 8.34. The van der Waals surface area contributed by atoms with E-state index in [2.05, 4.69) is 11.9 Å². The van der Waals surface area contributed by atoms with Crippen LogP contribution in [0.25, 0.3) is 11.3 Å². The Morgan fingerprint density at radius 3 is 2.48 bits per heavy atom. The molecule has 0 atom stereocenters. The van der Waals surface area contributed by atoms with Gasteiger partial charge in [-0.2, -0.15) is 8.42 Å². The van der Waals surface area contributed by atoms with E-state index in [-0.39, 0.29) is 11.5 Å². The number of pyridine rings is 1. The molecule has 21 heavy (non-hydrogen) atoms. The van der Waals surface area contributed by atoms with Crippen LogP contribution in [0.5, 0.6) is 0 Å². The van der Waals surface area contributed by atoms with E-state index in [9.17, 15) is 8.42 Å². The maximum atomic E-state index is 12.0. The molecule has 0 saturated carbocycles. The van der Waals surface area contributed by atoms with Crippen molar-refractivity contribution < 1.29 is 12.6 Å². The van der Waals surface area contributed by atoms with Gasteiger partial charge in [-0.15, -0.1) is 0 Å². The van der Waals surface area contributed by atoms with Crippen molar-refractivity contribution >= 4 is 10.1 Å². The number of hydrogen-bond donors (Lipinski definition) is 0. The van der Waals surface area contributed by atoms with Gasteiger partial charge in [0.2, 0.25) is 0 Å². The van der Waals surface area contributed by atoms with E-state index < -0.39 is 10.1 Å². The topological polar surface area (TPSA) is 56.3 Å². The number of benzene rings is 1. The second-order valence-electron chi connectivity index (χ2n) is 4.74. The van der Waals surface area contributed by atoms with Gasteiger partial charge in [-0.1, -0.05) is 19.1 Å². The lowest BCUT2D eigenvalue weighted by Gasteiger charge is -2.09. The van der Waals surface area contributed by atoms with Crippen molar-refractivity contribution in [1.82, 2.24) is 4.98 Å². The fraction of sp³-hybridized carbons (Fsp3) is 0.312. The second kappa shape index (κ2) is 6.37. The van der Waals surface area contributed by atoms with Gasteiger partial charge >= 0.3 is 0 Å². The van der Waals surface area contributed by atoms with E-state index in [4.69, 9.17) is 4.18 Å². The molecule has 0 aliphatic heterocycles. The lowest BCUT2D eigenvalue weighted by molar-refractivity contribution is 0.338. The third-order valence-corrected chi connectivity index (χ3v) is 4.66. The van der Waals surface area contributed by atoms with Crippen molar-refractivity contribution in [2.45, 2.75) is 32.1 Å². The van der Waals surface area contributed by atoms with Crippen LogP contribution in [0.15, 0.2) is 41.4 Å². The predicted molar refractivity (Wildman–Crippen MR) is 82.6 cm³/mol. The third-order valence-electron chi connectivity index (χ3n) is 3.28. The molecule has 5 heteroatoms. The van der Waals surface area contributed by atoms with Gasteiger partial charge in [0.25, 0.3) is 10.1 Å². The maximum absolute atomic E-state index is 12.0. The fourth-order valence-electron chi connectivity index (χ4n) is 2.05. The average molecular weight is 305 g/mol. The number of aromatic nitrogens is 1. The molecule has 0 spiro atoms. The highest BCUT2D eigenvalue weighted by atomic mass is 32.2. The molecule has 2 rings (SSSR count). The van der Waals surface area contributed by atoms with E-state index in [1.165, 1.54) is 0 Å². The molecule has 0 saturated heterocycles. The van der Waals surface area contributed by atoms with Crippen LogP contribution in [-0.2, 0) is 20.7 Å². The summed E-state index contributed by atoms with van der Waals surface area (Å²) < 4.78 is 28.8. The van der Waals surface area contributed by atoms with Crippen molar-refractivity contribution in [3.05, 3.63) is 47.7 Å². The van der Waals surface area contributed by atoms with E-state index in [0.29, 0.717) is 0 Å². The summed E-state index contributed by atoms with van der Waals surface area (Å²) in [5, 5.41) is 0. The molecular formula is C16H19NO3S. The Labute approximate surface area is 125 Å². The smallest absolute Gasteiger partial charge is 0.267 e. The van der Waals surface area contributed by atoms with Crippen LogP contribution in [0.4, 0.5) is 0 Å². The number of aryl methyl sites for hydroxylation is 2. The van der Waals surface area contributed by atoms with Gasteiger partial charge in [0.05, 0.1) is 17.2 Å². The second-order valence-corrected chi connectivity index (χ2v) is 6.36. The predicted octanol–water partition coefficient (Wildman–Crippen LogP) is 3.34. The molecule has 0 unspecified atom stereocenters. The lowest BCUT2D eigenvalue weighted by Crippen LogP contribution is -2.06. The summed E-state index contributed by atoms with van der Waals surface area (Å²) >= 11 is 0. The Hall–Kier alpha value is -1.72. The lowest BCUT2D eigenvalue weighted by atomic mass is 10.0. The molecular weight excluding hydrogens is 286 g/mol. The van der Waals surface area contributed by atoms with Crippen LogP contribution in [0.2, 0.25) is 0 Å². The zero-order valence-electron chi connectivity index (χ0n) is 12.5. The maximum Gasteiger partial charge on any atom is 0.296 e. The SMILES string of the molecule is CCOS(=O)(=O)c1ccc(C)c(-c2ccc(CC)cn2)c1. The average Bonchev–Trinajstić information content (AvgIpc) is 2.47. The van der Waals surface area contributed by atoms with Gasteiger partial charge in [0.15, 0.2) is 0 Å². The molecule has 4 nitrogen and oxygen atoms in total. The molecule has 112 valence electrons. The van der Waals surface area contributed by atoms with Crippen LogP contribution in [-0.4, -0.2) is 20.0 Å². The first-order chi connectivity index (χ1) is 9.97.